The van der Waals surface area contributed by atoms with Crippen molar-refractivity contribution in [2.45, 2.75) is 38.5 Å². The van der Waals surface area contributed by atoms with Crippen molar-refractivity contribution in [1.29, 1.82) is 0 Å². The first-order chi connectivity index (χ1) is 11.6. The minimum Gasteiger partial charge on any atom is -0.294 e. The van der Waals surface area contributed by atoms with Gasteiger partial charge in [0.1, 0.15) is 0 Å². The molecule has 0 saturated carbocycles. The third-order valence-electron chi connectivity index (χ3n) is 4.85. The van der Waals surface area contributed by atoms with Crippen molar-refractivity contribution in [2.24, 2.45) is 0 Å². The number of aryl methyl sites for hydroxylation is 1. The highest BCUT2D eigenvalue weighted by atomic mass is 32.1. The lowest BCUT2D eigenvalue weighted by molar-refractivity contribution is -0.119. The van der Waals surface area contributed by atoms with E-state index in [0.29, 0.717) is 12.8 Å². The molecular formula is C20H19NO2S. The molecule has 2 heterocycles. The van der Waals surface area contributed by atoms with Crippen LogP contribution in [0, 0.1) is 6.92 Å². The first-order valence-electron chi connectivity index (χ1n) is 8.34. The molecule has 4 rings (SSSR count). The van der Waals surface area contributed by atoms with Crippen LogP contribution in [0.15, 0.2) is 53.0 Å². The molecule has 0 radical (unpaired) electrons. The van der Waals surface area contributed by atoms with Crippen molar-refractivity contribution in [2.75, 3.05) is 4.90 Å². The van der Waals surface area contributed by atoms with E-state index in [2.05, 4.69) is 0 Å². The lowest BCUT2D eigenvalue weighted by atomic mass is 9.79. The minimum atomic E-state index is -0.0676. The number of rotatable bonds is 2. The smallest absolute Gasteiger partial charge is 0.232 e. The van der Waals surface area contributed by atoms with Gasteiger partial charge in [0.15, 0.2) is 5.78 Å². The summed E-state index contributed by atoms with van der Waals surface area (Å²) in [6, 6.07) is 12.0. The van der Waals surface area contributed by atoms with E-state index in [1.54, 1.807) is 16.2 Å². The molecule has 122 valence electrons. The predicted octanol–water partition coefficient (Wildman–Crippen LogP) is 4.58. The normalized spacial score (nSPS) is 21.2. The lowest BCUT2D eigenvalue weighted by Crippen LogP contribution is -2.40. The van der Waals surface area contributed by atoms with Crippen LogP contribution >= 0.6 is 11.3 Å². The number of ketones is 1. The van der Waals surface area contributed by atoms with Gasteiger partial charge in [0.25, 0.3) is 0 Å². The number of carbonyl (C=O) groups is 2. The van der Waals surface area contributed by atoms with Gasteiger partial charge in [-0.3, -0.25) is 14.5 Å². The average molecular weight is 337 g/mol. The summed E-state index contributed by atoms with van der Waals surface area (Å²) in [6.07, 6.45) is 2.59. The van der Waals surface area contributed by atoms with E-state index in [1.807, 2.05) is 48.7 Å². The highest BCUT2D eigenvalue weighted by Crippen LogP contribution is 2.44. The van der Waals surface area contributed by atoms with E-state index in [4.69, 9.17) is 0 Å². The maximum Gasteiger partial charge on any atom is 0.232 e. The van der Waals surface area contributed by atoms with Gasteiger partial charge in [-0.2, -0.15) is 0 Å². The van der Waals surface area contributed by atoms with Crippen molar-refractivity contribution in [1.82, 2.24) is 0 Å². The van der Waals surface area contributed by atoms with Crippen LogP contribution in [0.3, 0.4) is 0 Å². The summed E-state index contributed by atoms with van der Waals surface area (Å²) in [5, 5.41) is 2.01. The number of amides is 1. The van der Waals surface area contributed by atoms with Crippen LogP contribution in [-0.2, 0) is 9.59 Å². The molecule has 1 aliphatic heterocycles. The molecule has 1 unspecified atom stereocenters. The fourth-order valence-electron chi connectivity index (χ4n) is 3.72. The van der Waals surface area contributed by atoms with Crippen molar-refractivity contribution in [3.05, 3.63) is 63.5 Å². The predicted molar refractivity (Wildman–Crippen MR) is 96.2 cm³/mol. The quantitative estimate of drug-likeness (QED) is 0.804. The Morgan fingerprint density at radius 2 is 1.88 bits per heavy atom. The van der Waals surface area contributed by atoms with Gasteiger partial charge in [0.05, 0.1) is 0 Å². The Morgan fingerprint density at radius 3 is 2.58 bits per heavy atom. The number of anilines is 1. The number of nitrogens with zero attached hydrogens (tertiary/aromatic N) is 1. The van der Waals surface area contributed by atoms with E-state index in [1.165, 1.54) is 0 Å². The van der Waals surface area contributed by atoms with Crippen LogP contribution in [0.5, 0.6) is 0 Å². The molecule has 2 aliphatic rings. The molecule has 0 N–H and O–H groups in total. The van der Waals surface area contributed by atoms with Crippen LogP contribution in [0.1, 0.15) is 42.0 Å². The number of hydrogen-bond donors (Lipinski definition) is 0. The zero-order valence-electron chi connectivity index (χ0n) is 13.6. The third-order valence-corrected chi connectivity index (χ3v) is 5.84. The lowest BCUT2D eigenvalue weighted by Gasteiger charge is -2.38. The molecule has 0 fully saturated rings. The number of Topliss-reactive ketones (excluding diaryl/α,β-unsaturated/α-hetero) is 1. The van der Waals surface area contributed by atoms with Gasteiger partial charge in [-0.05, 0) is 43.3 Å². The van der Waals surface area contributed by atoms with E-state index in [0.717, 1.165) is 40.2 Å². The molecule has 0 saturated heterocycles. The Bertz CT molecular complexity index is 818. The third kappa shape index (κ3) is 2.51. The molecule has 1 aromatic carbocycles. The Hall–Kier alpha value is -2.20. The van der Waals surface area contributed by atoms with Gasteiger partial charge in [-0.1, -0.05) is 23.8 Å². The maximum absolute atomic E-state index is 12.9. The molecule has 3 nitrogen and oxygen atoms in total. The minimum absolute atomic E-state index is 0.0676. The SMILES string of the molecule is Cc1ccc(N2C(=O)CC(c3cccs3)C3=C2CCCC3=O)cc1. The zero-order chi connectivity index (χ0) is 16.7. The van der Waals surface area contributed by atoms with Crippen molar-refractivity contribution in [3.8, 4) is 0 Å². The summed E-state index contributed by atoms with van der Waals surface area (Å²) in [6.45, 7) is 2.03. The summed E-state index contributed by atoms with van der Waals surface area (Å²) in [5.74, 6) is 0.229. The van der Waals surface area contributed by atoms with E-state index in [9.17, 15) is 9.59 Å². The molecule has 1 aliphatic carbocycles. The van der Waals surface area contributed by atoms with Crippen LogP contribution in [-0.4, -0.2) is 11.7 Å². The first kappa shape index (κ1) is 15.3. The second kappa shape index (κ2) is 6.02. The second-order valence-corrected chi connectivity index (χ2v) is 7.45. The topological polar surface area (TPSA) is 37.4 Å². The van der Waals surface area contributed by atoms with Crippen LogP contribution in [0.2, 0.25) is 0 Å². The fraction of sp³-hybridized carbons (Fsp3) is 0.300. The van der Waals surface area contributed by atoms with Crippen molar-refractivity contribution >= 4 is 28.7 Å². The number of thiophene rings is 1. The van der Waals surface area contributed by atoms with E-state index in [-0.39, 0.29) is 17.6 Å². The monoisotopic (exact) mass is 337 g/mol. The standard InChI is InChI=1S/C20H19NO2S/c1-13-7-9-14(10-8-13)21-16-4-2-5-17(22)20(16)15(12-19(21)23)18-6-3-11-24-18/h3,6-11,15H,2,4-5,12H2,1H3. The van der Waals surface area contributed by atoms with Crippen LogP contribution < -0.4 is 4.90 Å². The van der Waals surface area contributed by atoms with E-state index < -0.39 is 0 Å². The van der Waals surface area contributed by atoms with Gasteiger partial charge in [0, 0.05) is 40.6 Å². The maximum atomic E-state index is 12.9. The molecule has 2 aromatic rings. The largest absolute Gasteiger partial charge is 0.294 e. The number of benzene rings is 1. The molecule has 1 aromatic heterocycles. The Kier molecular flexibility index (Phi) is 3.85. The molecule has 24 heavy (non-hydrogen) atoms. The molecule has 0 spiro atoms. The number of carbonyl (C=O) groups excluding carboxylic acids is 2. The summed E-state index contributed by atoms with van der Waals surface area (Å²) in [7, 11) is 0. The fourth-order valence-corrected chi connectivity index (χ4v) is 4.56. The molecule has 1 atom stereocenters. The van der Waals surface area contributed by atoms with Crippen molar-refractivity contribution < 1.29 is 9.59 Å². The molecule has 0 bridgehead atoms. The average Bonchev–Trinajstić information content (AvgIpc) is 3.10. The van der Waals surface area contributed by atoms with Gasteiger partial charge >= 0.3 is 0 Å². The van der Waals surface area contributed by atoms with Gasteiger partial charge in [-0.25, -0.2) is 0 Å². The van der Waals surface area contributed by atoms with Crippen LogP contribution in [0.25, 0.3) is 0 Å². The Labute approximate surface area is 145 Å². The first-order valence-corrected chi connectivity index (χ1v) is 9.22. The van der Waals surface area contributed by atoms with Gasteiger partial charge in [-0.15, -0.1) is 11.3 Å². The summed E-state index contributed by atoms with van der Waals surface area (Å²) in [4.78, 5) is 28.5. The van der Waals surface area contributed by atoms with Gasteiger partial charge in [0.2, 0.25) is 5.91 Å². The number of hydrogen-bond acceptors (Lipinski definition) is 3. The van der Waals surface area contributed by atoms with E-state index >= 15 is 0 Å². The Morgan fingerprint density at radius 1 is 1.08 bits per heavy atom. The zero-order valence-corrected chi connectivity index (χ0v) is 14.4. The molecule has 1 amide bonds. The second-order valence-electron chi connectivity index (χ2n) is 6.47. The summed E-state index contributed by atoms with van der Waals surface area (Å²) in [5.41, 5.74) is 3.82. The van der Waals surface area contributed by atoms with Gasteiger partial charge < -0.3 is 0 Å². The number of allylic oxidation sites excluding steroid dienone is 2. The summed E-state index contributed by atoms with van der Waals surface area (Å²) < 4.78 is 0. The highest BCUT2D eigenvalue weighted by molar-refractivity contribution is 7.10. The van der Waals surface area contributed by atoms with Crippen molar-refractivity contribution in [3.63, 3.8) is 0 Å². The molecular weight excluding hydrogens is 318 g/mol. The Balaban J connectivity index is 1.85. The summed E-state index contributed by atoms with van der Waals surface area (Å²) >= 11 is 1.63. The molecule has 4 heteroatoms. The van der Waals surface area contributed by atoms with Crippen LogP contribution in [0.4, 0.5) is 5.69 Å². The highest BCUT2D eigenvalue weighted by Gasteiger charge is 2.39.